The van der Waals surface area contributed by atoms with Gasteiger partial charge in [0.2, 0.25) is 24.1 Å². The van der Waals surface area contributed by atoms with E-state index < -0.39 is 0 Å². The van der Waals surface area contributed by atoms with Gasteiger partial charge in [-0.2, -0.15) is 0 Å². The molecule has 0 bridgehead atoms. The van der Waals surface area contributed by atoms with E-state index >= 15 is 0 Å². The molecule has 0 saturated heterocycles. The predicted octanol–water partition coefficient (Wildman–Crippen LogP) is 1.51. The Morgan fingerprint density at radius 3 is 2.56 bits per heavy atom. The number of hydrogen-bond acceptors (Lipinski definition) is 2. The second-order valence-electron chi connectivity index (χ2n) is 4.26. The van der Waals surface area contributed by atoms with Crippen molar-refractivity contribution in [1.29, 1.82) is 0 Å². The predicted molar refractivity (Wildman–Crippen MR) is 64.3 cm³/mol. The highest BCUT2D eigenvalue weighted by Gasteiger charge is 2.24. The highest BCUT2D eigenvalue weighted by molar-refractivity contribution is 6.99. The lowest BCUT2D eigenvalue weighted by atomic mass is 10.3. The molecular formula is C11H18N3S2+3. The van der Waals surface area contributed by atoms with Crippen LogP contribution in [0.3, 0.4) is 0 Å². The molecule has 2 aromatic heterocycles. The Morgan fingerprint density at radius 1 is 1.19 bits per heavy atom. The van der Waals surface area contributed by atoms with Crippen LogP contribution in [-0.4, -0.2) is 0 Å². The van der Waals surface area contributed by atoms with E-state index in [1.54, 1.807) is 23.1 Å². The topological polar surface area (TPSA) is 11.6 Å². The normalized spacial score (nSPS) is 13.2. The van der Waals surface area contributed by atoms with Crippen LogP contribution in [0, 0.1) is 0 Å². The first-order valence-corrected chi connectivity index (χ1v) is 7.18. The zero-order valence-corrected chi connectivity index (χ0v) is 11.5. The highest BCUT2D eigenvalue weighted by Crippen LogP contribution is 2.00. The molecule has 0 aromatic carbocycles. The molecule has 0 fully saturated rings. The van der Waals surface area contributed by atoms with Gasteiger partial charge in [0, 0.05) is 13.0 Å². The molecule has 5 heteroatoms. The van der Waals surface area contributed by atoms with Gasteiger partial charge < -0.3 is 0 Å². The summed E-state index contributed by atoms with van der Waals surface area (Å²) in [6.07, 6.45) is 4.33. The van der Waals surface area contributed by atoms with Crippen LogP contribution >= 0.6 is 23.1 Å². The molecule has 2 aromatic rings. The molecule has 0 saturated carbocycles. The van der Waals surface area contributed by atoms with Gasteiger partial charge in [0.1, 0.15) is 11.5 Å². The standard InChI is InChI=1S/C11H18N3S2/c1-10(2)12-8-13(16-9-12)7-11(3)14-5-4-6-15-14/h4-6,8-11H,7H2,1-3H3/q+3. The first-order valence-electron chi connectivity index (χ1n) is 5.51. The van der Waals surface area contributed by atoms with Gasteiger partial charge in [-0.15, -0.1) is 8.52 Å². The fourth-order valence-electron chi connectivity index (χ4n) is 1.52. The summed E-state index contributed by atoms with van der Waals surface area (Å²) in [5, 5.41) is 2.11. The molecule has 2 rings (SSSR count). The van der Waals surface area contributed by atoms with Crippen LogP contribution in [0.5, 0.6) is 0 Å². The van der Waals surface area contributed by atoms with E-state index in [1.807, 2.05) is 0 Å². The largest absolute Gasteiger partial charge is 0.421 e. The average Bonchev–Trinajstić information content (AvgIpc) is 2.87. The molecule has 1 unspecified atom stereocenters. The maximum absolute atomic E-state index is 2.29. The molecule has 0 aliphatic carbocycles. The summed E-state index contributed by atoms with van der Waals surface area (Å²) in [5.74, 6) is 0. The maximum atomic E-state index is 2.29. The van der Waals surface area contributed by atoms with Gasteiger partial charge in [0.15, 0.2) is 12.2 Å². The van der Waals surface area contributed by atoms with Crippen LogP contribution in [0.4, 0.5) is 0 Å². The Morgan fingerprint density at radius 2 is 2.00 bits per heavy atom. The number of hydrogen-bond donors (Lipinski definition) is 0. The van der Waals surface area contributed by atoms with E-state index in [9.17, 15) is 0 Å². The summed E-state index contributed by atoms with van der Waals surface area (Å²) >= 11 is 3.54. The Hall–Kier alpha value is -0.810. The molecule has 16 heavy (non-hydrogen) atoms. The fraction of sp³-hybridized carbons (Fsp3) is 0.545. The third-order valence-electron chi connectivity index (χ3n) is 2.54. The van der Waals surface area contributed by atoms with Crippen LogP contribution in [0.15, 0.2) is 29.5 Å². The van der Waals surface area contributed by atoms with Gasteiger partial charge in [0.25, 0.3) is 5.51 Å². The Labute approximate surface area is 105 Å². The van der Waals surface area contributed by atoms with Crippen LogP contribution in [-0.2, 0) is 6.54 Å². The Bertz CT molecular complexity index is 434. The van der Waals surface area contributed by atoms with Crippen LogP contribution < -0.4 is 12.5 Å². The minimum absolute atomic E-state index is 0.518. The summed E-state index contributed by atoms with van der Waals surface area (Å²) in [5.41, 5.74) is 2.18. The van der Waals surface area contributed by atoms with Gasteiger partial charge in [0.05, 0.1) is 5.38 Å². The van der Waals surface area contributed by atoms with Crippen molar-refractivity contribution >= 4 is 23.1 Å². The monoisotopic (exact) mass is 256 g/mol. The number of nitrogens with zero attached hydrogens (tertiary/aromatic N) is 3. The van der Waals surface area contributed by atoms with Crippen molar-refractivity contribution in [3.63, 3.8) is 0 Å². The molecule has 1 atom stereocenters. The molecule has 0 N–H and O–H groups in total. The van der Waals surface area contributed by atoms with Crippen molar-refractivity contribution in [2.24, 2.45) is 0 Å². The maximum Gasteiger partial charge on any atom is 0.421 e. The number of rotatable bonds is 4. The summed E-state index contributed by atoms with van der Waals surface area (Å²) in [6, 6.07) is 3.15. The molecule has 0 amide bonds. The van der Waals surface area contributed by atoms with E-state index in [0.717, 1.165) is 6.54 Å². The lowest BCUT2D eigenvalue weighted by Crippen LogP contribution is -2.46. The summed E-state index contributed by atoms with van der Waals surface area (Å²) in [4.78, 5) is 0. The van der Waals surface area contributed by atoms with Crippen molar-refractivity contribution in [2.45, 2.75) is 39.4 Å². The number of aromatic nitrogens is 3. The third kappa shape index (κ3) is 2.65. The summed E-state index contributed by atoms with van der Waals surface area (Å²) < 4.78 is 6.82. The van der Waals surface area contributed by atoms with Crippen molar-refractivity contribution in [3.05, 3.63) is 29.5 Å². The second kappa shape index (κ2) is 5.01. The molecule has 0 radical (unpaired) electrons. The van der Waals surface area contributed by atoms with Gasteiger partial charge >= 0.3 is 6.33 Å². The molecule has 86 valence electrons. The van der Waals surface area contributed by atoms with Crippen molar-refractivity contribution < 1.29 is 12.5 Å². The quantitative estimate of drug-likeness (QED) is 0.735. The van der Waals surface area contributed by atoms with Crippen LogP contribution in [0.2, 0.25) is 0 Å². The zero-order chi connectivity index (χ0) is 11.5. The van der Waals surface area contributed by atoms with Crippen molar-refractivity contribution in [3.8, 4) is 0 Å². The SMILES string of the molecule is CC(C)[n+]1cs[n+](CC(C)[n+]2cccs2)c1. The lowest BCUT2D eigenvalue weighted by molar-refractivity contribution is -0.808. The molecule has 3 nitrogen and oxygen atoms in total. The third-order valence-corrected chi connectivity index (χ3v) is 4.39. The summed E-state index contributed by atoms with van der Waals surface area (Å²) in [6.45, 7) is 7.70. The second-order valence-corrected chi connectivity index (χ2v) is 6.05. The molecule has 0 aliphatic rings. The smallest absolute Gasteiger partial charge is 0.132 e. The van der Waals surface area contributed by atoms with Gasteiger partial charge in [-0.25, -0.2) is 0 Å². The van der Waals surface area contributed by atoms with E-state index in [4.69, 9.17) is 0 Å². The minimum Gasteiger partial charge on any atom is -0.132 e. The zero-order valence-electron chi connectivity index (χ0n) is 9.91. The van der Waals surface area contributed by atoms with Gasteiger partial charge in [-0.1, -0.05) is 3.96 Å². The average molecular weight is 256 g/mol. The van der Waals surface area contributed by atoms with Crippen LogP contribution in [0.25, 0.3) is 0 Å². The van der Waals surface area contributed by atoms with Gasteiger partial charge in [-0.05, 0) is 13.8 Å². The first-order chi connectivity index (χ1) is 7.66. The molecule has 2 heterocycles. The minimum atomic E-state index is 0.518. The fourth-order valence-corrected chi connectivity index (χ4v) is 3.20. The van der Waals surface area contributed by atoms with E-state index in [-0.39, 0.29) is 0 Å². The van der Waals surface area contributed by atoms with Crippen molar-refractivity contribution in [1.82, 2.24) is 0 Å². The van der Waals surface area contributed by atoms with E-state index in [2.05, 4.69) is 62.7 Å². The van der Waals surface area contributed by atoms with Crippen LogP contribution in [0.1, 0.15) is 32.9 Å². The first kappa shape index (κ1) is 11.7. The Balaban J connectivity index is 2.03. The summed E-state index contributed by atoms with van der Waals surface area (Å²) in [7, 11) is 0. The highest BCUT2D eigenvalue weighted by atomic mass is 32.1. The van der Waals surface area contributed by atoms with Gasteiger partial charge in [-0.3, -0.25) is 0 Å². The molecular weight excluding hydrogens is 238 g/mol. The van der Waals surface area contributed by atoms with Crippen molar-refractivity contribution in [2.75, 3.05) is 0 Å². The van der Waals surface area contributed by atoms with E-state index in [0.29, 0.717) is 12.1 Å². The molecule has 0 aliphatic heterocycles. The molecule has 0 spiro atoms. The Kier molecular flexibility index (Phi) is 3.66. The lowest BCUT2D eigenvalue weighted by Gasteiger charge is -1.95. The van der Waals surface area contributed by atoms with E-state index in [1.165, 1.54) is 0 Å².